The van der Waals surface area contributed by atoms with Crippen LogP contribution in [0.2, 0.25) is 0 Å². The first-order valence-corrected chi connectivity index (χ1v) is 9.68. The molecule has 1 amide bonds. The predicted molar refractivity (Wildman–Crippen MR) is 96.9 cm³/mol. The highest BCUT2D eigenvalue weighted by molar-refractivity contribution is 7.14. The van der Waals surface area contributed by atoms with E-state index in [9.17, 15) is 9.59 Å². The molecule has 5 heteroatoms. The average molecular weight is 355 g/mol. The molecule has 0 saturated carbocycles. The Bertz CT molecular complexity index is 790. The number of hydrogen-bond donors (Lipinski definition) is 1. The summed E-state index contributed by atoms with van der Waals surface area (Å²) in [5.41, 5.74) is 3.74. The monoisotopic (exact) mass is 355 g/mol. The van der Waals surface area contributed by atoms with Crippen LogP contribution in [-0.2, 0) is 28.8 Å². The van der Waals surface area contributed by atoms with Gasteiger partial charge in [-0.25, -0.2) is 4.79 Å². The zero-order valence-electron chi connectivity index (χ0n) is 14.0. The summed E-state index contributed by atoms with van der Waals surface area (Å²) >= 11 is 1.50. The normalized spacial score (nSPS) is 18.3. The minimum absolute atomic E-state index is 0.0155. The van der Waals surface area contributed by atoms with Crippen LogP contribution in [0.25, 0.3) is 0 Å². The molecule has 25 heavy (non-hydrogen) atoms. The van der Waals surface area contributed by atoms with Crippen molar-refractivity contribution in [3.8, 4) is 0 Å². The molecule has 2 aliphatic rings. The van der Waals surface area contributed by atoms with E-state index in [4.69, 9.17) is 4.74 Å². The predicted octanol–water partition coefficient (Wildman–Crippen LogP) is 3.59. The first-order chi connectivity index (χ1) is 12.2. The Morgan fingerprint density at radius 1 is 1.12 bits per heavy atom. The number of esters is 1. The average Bonchev–Trinajstić information content (AvgIpc) is 3.22. The number of thiophene rings is 1. The second-order valence-corrected chi connectivity index (χ2v) is 7.84. The van der Waals surface area contributed by atoms with Gasteiger partial charge in [-0.05, 0) is 61.3 Å². The molecule has 4 rings (SSSR count). The Balaban J connectivity index is 1.33. The summed E-state index contributed by atoms with van der Waals surface area (Å²) in [6.45, 7) is -0.222. The smallest absolute Gasteiger partial charge is 0.348 e. The number of carbonyl (C=O) groups excluding carboxylic acids is 2. The lowest BCUT2D eigenvalue weighted by Crippen LogP contribution is -2.34. The number of hydrogen-bond acceptors (Lipinski definition) is 4. The van der Waals surface area contributed by atoms with Crippen LogP contribution in [0.15, 0.2) is 30.3 Å². The van der Waals surface area contributed by atoms with Crippen molar-refractivity contribution in [3.63, 3.8) is 0 Å². The van der Waals surface area contributed by atoms with E-state index in [-0.39, 0.29) is 18.6 Å². The van der Waals surface area contributed by atoms with Crippen LogP contribution in [0, 0.1) is 0 Å². The Hall–Kier alpha value is -2.14. The molecule has 1 N–H and O–H groups in total. The Morgan fingerprint density at radius 3 is 2.84 bits per heavy atom. The molecular weight excluding hydrogens is 334 g/mol. The number of rotatable bonds is 4. The number of carbonyl (C=O) groups is 2. The molecule has 0 saturated heterocycles. The van der Waals surface area contributed by atoms with Crippen LogP contribution in [0.1, 0.15) is 56.5 Å². The van der Waals surface area contributed by atoms with Crippen molar-refractivity contribution in [3.05, 3.63) is 56.8 Å². The van der Waals surface area contributed by atoms with E-state index in [1.54, 1.807) is 0 Å². The molecular formula is C20H21NO3S. The number of benzene rings is 1. The van der Waals surface area contributed by atoms with Gasteiger partial charge < -0.3 is 10.1 Å². The molecule has 0 aliphatic heterocycles. The van der Waals surface area contributed by atoms with Crippen molar-refractivity contribution >= 4 is 23.2 Å². The lowest BCUT2D eigenvalue weighted by molar-refractivity contribution is -0.125. The quantitative estimate of drug-likeness (QED) is 0.853. The maximum absolute atomic E-state index is 12.2. The van der Waals surface area contributed by atoms with Crippen LogP contribution >= 0.6 is 11.3 Å². The van der Waals surface area contributed by atoms with Crippen LogP contribution < -0.4 is 5.32 Å². The molecule has 0 spiro atoms. The fraction of sp³-hybridized carbons (Fsp3) is 0.400. The molecule has 2 aromatic rings. The third-order valence-electron chi connectivity index (χ3n) is 4.99. The SMILES string of the molecule is O=C(COC(=O)c1cc2c(s1)CCC2)N[C@@H]1CCCc2ccccc21. The van der Waals surface area contributed by atoms with E-state index in [0.717, 1.165) is 32.1 Å². The van der Waals surface area contributed by atoms with Gasteiger partial charge in [0.05, 0.1) is 6.04 Å². The van der Waals surface area contributed by atoms with Gasteiger partial charge in [0.25, 0.3) is 5.91 Å². The number of nitrogens with one attached hydrogen (secondary N) is 1. The summed E-state index contributed by atoms with van der Waals surface area (Å²) in [6.07, 6.45) is 6.30. The van der Waals surface area contributed by atoms with Crippen LogP contribution in [0.5, 0.6) is 0 Å². The second-order valence-electron chi connectivity index (χ2n) is 6.70. The molecule has 1 atom stereocenters. The fourth-order valence-corrected chi connectivity index (χ4v) is 4.92. The minimum Gasteiger partial charge on any atom is -0.451 e. The highest BCUT2D eigenvalue weighted by atomic mass is 32.1. The molecule has 0 fully saturated rings. The van der Waals surface area contributed by atoms with Crippen molar-refractivity contribution in [1.82, 2.24) is 5.32 Å². The number of fused-ring (bicyclic) bond motifs is 2. The second kappa shape index (κ2) is 7.00. The standard InChI is InChI=1S/C20H21NO3S/c22-19(21-16-9-3-6-13-5-1-2-8-15(13)16)12-24-20(23)18-11-14-7-4-10-17(14)25-18/h1-2,5,8,11,16H,3-4,6-7,9-10,12H2,(H,21,22)/t16-/m1/s1. The van der Waals surface area contributed by atoms with Gasteiger partial charge in [0, 0.05) is 4.88 Å². The third kappa shape index (κ3) is 3.47. The first kappa shape index (κ1) is 16.3. The van der Waals surface area contributed by atoms with Gasteiger partial charge in [0.15, 0.2) is 6.61 Å². The molecule has 0 unspecified atom stereocenters. The Kier molecular flexibility index (Phi) is 4.57. The highest BCUT2D eigenvalue weighted by Crippen LogP contribution is 2.31. The Labute approximate surface area is 151 Å². The van der Waals surface area contributed by atoms with E-state index < -0.39 is 5.97 Å². The van der Waals surface area contributed by atoms with Gasteiger partial charge in [-0.1, -0.05) is 24.3 Å². The van der Waals surface area contributed by atoms with Gasteiger partial charge in [-0.2, -0.15) is 0 Å². The van der Waals surface area contributed by atoms with Gasteiger partial charge in [-0.3, -0.25) is 4.79 Å². The minimum atomic E-state index is -0.390. The van der Waals surface area contributed by atoms with Gasteiger partial charge in [0.2, 0.25) is 0 Å². The van der Waals surface area contributed by atoms with Gasteiger partial charge >= 0.3 is 5.97 Å². The number of ether oxygens (including phenoxy) is 1. The molecule has 0 bridgehead atoms. The largest absolute Gasteiger partial charge is 0.451 e. The fourth-order valence-electron chi connectivity index (χ4n) is 3.77. The maximum atomic E-state index is 12.2. The maximum Gasteiger partial charge on any atom is 0.348 e. The van der Waals surface area contributed by atoms with E-state index >= 15 is 0 Å². The summed E-state index contributed by atoms with van der Waals surface area (Å²) in [5, 5.41) is 3.01. The molecule has 1 aromatic heterocycles. The molecule has 1 aromatic carbocycles. The summed E-state index contributed by atoms with van der Waals surface area (Å²) < 4.78 is 5.22. The molecule has 130 valence electrons. The molecule has 1 heterocycles. The molecule has 4 nitrogen and oxygen atoms in total. The zero-order valence-corrected chi connectivity index (χ0v) is 14.9. The third-order valence-corrected chi connectivity index (χ3v) is 6.20. The first-order valence-electron chi connectivity index (χ1n) is 8.86. The number of amides is 1. The number of aryl methyl sites for hydroxylation is 3. The summed E-state index contributed by atoms with van der Waals surface area (Å²) in [5.74, 6) is -0.627. The molecule has 0 radical (unpaired) electrons. The van der Waals surface area contributed by atoms with Gasteiger partial charge in [0.1, 0.15) is 4.88 Å². The lowest BCUT2D eigenvalue weighted by atomic mass is 9.88. The van der Waals surface area contributed by atoms with E-state index in [1.165, 1.54) is 39.3 Å². The van der Waals surface area contributed by atoms with Crippen molar-refractivity contribution in [2.24, 2.45) is 0 Å². The van der Waals surface area contributed by atoms with E-state index in [1.807, 2.05) is 18.2 Å². The lowest BCUT2D eigenvalue weighted by Gasteiger charge is -2.26. The highest BCUT2D eigenvalue weighted by Gasteiger charge is 2.23. The Morgan fingerprint density at radius 2 is 1.96 bits per heavy atom. The van der Waals surface area contributed by atoms with Crippen molar-refractivity contribution in [1.29, 1.82) is 0 Å². The van der Waals surface area contributed by atoms with E-state index in [2.05, 4.69) is 17.4 Å². The van der Waals surface area contributed by atoms with Crippen molar-refractivity contribution in [2.75, 3.05) is 6.61 Å². The summed E-state index contributed by atoms with van der Waals surface area (Å²) in [7, 11) is 0. The summed E-state index contributed by atoms with van der Waals surface area (Å²) in [6, 6.07) is 10.1. The van der Waals surface area contributed by atoms with Crippen molar-refractivity contribution < 1.29 is 14.3 Å². The van der Waals surface area contributed by atoms with Crippen molar-refractivity contribution in [2.45, 2.75) is 44.6 Å². The molecule has 2 aliphatic carbocycles. The summed E-state index contributed by atoms with van der Waals surface area (Å²) in [4.78, 5) is 26.3. The zero-order chi connectivity index (χ0) is 17.2. The van der Waals surface area contributed by atoms with Crippen LogP contribution in [0.3, 0.4) is 0 Å². The topological polar surface area (TPSA) is 55.4 Å². The van der Waals surface area contributed by atoms with E-state index in [0.29, 0.717) is 4.88 Å². The van der Waals surface area contributed by atoms with Gasteiger partial charge in [-0.15, -0.1) is 11.3 Å². The van der Waals surface area contributed by atoms with Crippen LogP contribution in [-0.4, -0.2) is 18.5 Å². The van der Waals surface area contributed by atoms with Crippen LogP contribution in [0.4, 0.5) is 0 Å².